The highest BCUT2D eigenvalue weighted by atomic mass is 35.5. The zero-order valence-electron chi connectivity index (χ0n) is 9.87. The van der Waals surface area contributed by atoms with Gasteiger partial charge in [0.05, 0.1) is 29.5 Å². The van der Waals surface area contributed by atoms with Crippen LogP contribution in [0.5, 0.6) is 11.5 Å². The summed E-state index contributed by atoms with van der Waals surface area (Å²) < 4.78 is 25.3. The van der Waals surface area contributed by atoms with Gasteiger partial charge in [-0.3, -0.25) is 5.10 Å². The van der Waals surface area contributed by atoms with Gasteiger partial charge in [0.15, 0.2) is 17.3 Å². The third-order valence-corrected chi connectivity index (χ3v) is 3.07. The van der Waals surface area contributed by atoms with Crippen molar-refractivity contribution in [1.82, 2.24) is 10.2 Å². The smallest absolute Gasteiger partial charge is 0.173 e. The summed E-state index contributed by atoms with van der Waals surface area (Å²) in [6.45, 7) is 0.949. The van der Waals surface area contributed by atoms with Gasteiger partial charge in [-0.15, -0.1) is 0 Å². The van der Waals surface area contributed by atoms with Crippen molar-refractivity contribution in [3.63, 3.8) is 0 Å². The van der Waals surface area contributed by atoms with Crippen LogP contribution >= 0.6 is 11.6 Å². The number of anilines is 1. The van der Waals surface area contributed by atoms with E-state index in [0.717, 1.165) is 6.42 Å². The van der Waals surface area contributed by atoms with Gasteiger partial charge in [-0.2, -0.15) is 5.10 Å². The van der Waals surface area contributed by atoms with Gasteiger partial charge in [-0.25, -0.2) is 4.39 Å². The van der Waals surface area contributed by atoms with E-state index in [0.29, 0.717) is 30.4 Å². The lowest BCUT2D eigenvalue weighted by molar-refractivity contribution is 0.297. The Balaban J connectivity index is 2.24. The molecule has 0 saturated carbocycles. The predicted octanol–water partition coefficient (Wildman–Crippen LogP) is 2.61. The van der Waals surface area contributed by atoms with Crippen LogP contribution in [0.1, 0.15) is 6.42 Å². The second-order valence-electron chi connectivity index (χ2n) is 4.13. The van der Waals surface area contributed by atoms with E-state index in [1.165, 1.54) is 12.1 Å². The molecule has 0 spiro atoms. The molecule has 7 heteroatoms. The maximum Gasteiger partial charge on any atom is 0.173 e. The van der Waals surface area contributed by atoms with Crippen molar-refractivity contribution in [3.8, 4) is 22.8 Å². The first-order valence-electron chi connectivity index (χ1n) is 5.75. The molecule has 3 N–H and O–H groups in total. The molecule has 2 heterocycles. The van der Waals surface area contributed by atoms with Crippen LogP contribution in [0.15, 0.2) is 12.1 Å². The molecule has 1 aliphatic heterocycles. The Hall–Kier alpha value is -1.95. The minimum absolute atomic E-state index is 0.0348. The van der Waals surface area contributed by atoms with Gasteiger partial charge in [-0.1, -0.05) is 11.6 Å². The molecule has 100 valence electrons. The molecule has 19 heavy (non-hydrogen) atoms. The number of aromatic amines is 1. The van der Waals surface area contributed by atoms with Gasteiger partial charge in [0.25, 0.3) is 0 Å². The molecule has 1 aromatic heterocycles. The Morgan fingerprint density at radius 2 is 2.11 bits per heavy atom. The summed E-state index contributed by atoms with van der Waals surface area (Å²) in [5.74, 6) is 0.419. The topological polar surface area (TPSA) is 73.2 Å². The van der Waals surface area contributed by atoms with Crippen LogP contribution in [0.25, 0.3) is 11.3 Å². The second-order valence-corrected chi connectivity index (χ2v) is 4.54. The third kappa shape index (κ3) is 2.08. The van der Waals surface area contributed by atoms with E-state index in [9.17, 15) is 4.39 Å². The van der Waals surface area contributed by atoms with Crippen LogP contribution in [-0.4, -0.2) is 23.4 Å². The van der Waals surface area contributed by atoms with E-state index in [2.05, 4.69) is 10.2 Å². The number of halogens is 2. The summed E-state index contributed by atoms with van der Waals surface area (Å²) in [4.78, 5) is 0. The molecule has 5 nitrogen and oxygen atoms in total. The van der Waals surface area contributed by atoms with E-state index in [1.54, 1.807) is 0 Å². The molecule has 1 aliphatic rings. The SMILES string of the molecule is Nc1cc(-c2c(F)c(Cl)cc3c2OCCCO3)[nH]n1. The summed E-state index contributed by atoms with van der Waals surface area (Å²) in [6, 6.07) is 2.93. The fraction of sp³-hybridized carbons (Fsp3) is 0.250. The highest BCUT2D eigenvalue weighted by molar-refractivity contribution is 6.31. The van der Waals surface area contributed by atoms with Gasteiger partial charge in [0.2, 0.25) is 0 Å². The Labute approximate surface area is 113 Å². The van der Waals surface area contributed by atoms with E-state index in [4.69, 9.17) is 26.8 Å². The second kappa shape index (κ2) is 4.62. The lowest BCUT2D eigenvalue weighted by Crippen LogP contribution is -1.99. The lowest BCUT2D eigenvalue weighted by atomic mass is 10.1. The van der Waals surface area contributed by atoms with Crippen LogP contribution in [-0.2, 0) is 0 Å². The van der Waals surface area contributed by atoms with Crippen molar-refractivity contribution in [2.24, 2.45) is 0 Å². The van der Waals surface area contributed by atoms with Crippen molar-refractivity contribution in [1.29, 1.82) is 0 Å². The molecular formula is C12H11ClFN3O2. The van der Waals surface area contributed by atoms with Gasteiger partial charge < -0.3 is 15.2 Å². The molecule has 0 saturated heterocycles. The lowest BCUT2D eigenvalue weighted by Gasteiger charge is -2.13. The Bertz CT molecular complexity index is 630. The Morgan fingerprint density at radius 3 is 2.84 bits per heavy atom. The third-order valence-electron chi connectivity index (χ3n) is 2.80. The molecule has 0 amide bonds. The van der Waals surface area contributed by atoms with Crippen LogP contribution in [0.4, 0.5) is 10.2 Å². The van der Waals surface area contributed by atoms with Crippen molar-refractivity contribution < 1.29 is 13.9 Å². The first kappa shape index (κ1) is 12.1. The van der Waals surface area contributed by atoms with Gasteiger partial charge in [-0.05, 0) is 0 Å². The van der Waals surface area contributed by atoms with Crippen molar-refractivity contribution in [2.75, 3.05) is 18.9 Å². The Morgan fingerprint density at radius 1 is 1.32 bits per heavy atom. The van der Waals surface area contributed by atoms with Gasteiger partial charge in [0.1, 0.15) is 5.82 Å². The normalized spacial score (nSPS) is 14.2. The van der Waals surface area contributed by atoms with Crippen LogP contribution in [0, 0.1) is 5.82 Å². The highest BCUT2D eigenvalue weighted by Gasteiger charge is 2.24. The number of hydrogen-bond donors (Lipinski definition) is 2. The quantitative estimate of drug-likeness (QED) is 0.844. The first-order valence-corrected chi connectivity index (χ1v) is 6.13. The minimum Gasteiger partial charge on any atom is -0.489 e. The molecule has 2 aromatic rings. The zero-order valence-corrected chi connectivity index (χ0v) is 10.6. The monoisotopic (exact) mass is 283 g/mol. The van der Waals surface area contributed by atoms with Crippen LogP contribution < -0.4 is 15.2 Å². The number of rotatable bonds is 1. The average molecular weight is 284 g/mol. The predicted molar refractivity (Wildman–Crippen MR) is 69.0 cm³/mol. The fourth-order valence-electron chi connectivity index (χ4n) is 1.96. The standard InChI is InChI=1S/C12H11ClFN3O2/c13-6-4-8-12(19-3-1-2-18-8)10(11(6)14)7-5-9(15)17-16-7/h4-5H,1-3H2,(H3,15,16,17). The molecule has 0 atom stereocenters. The molecule has 0 aliphatic carbocycles. The average Bonchev–Trinajstić information content (AvgIpc) is 2.67. The number of nitrogens with zero attached hydrogens (tertiary/aromatic N) is 1. The minimum atomic E-state index is -0.588. The maximum atomic E-state index is 14.3. The summed E-state index contributed by atoms with van der Waals surface area (Å²) in [7, 11) is 0. The number of hydrogen-bond acceptors (Lipinski definition) is 4. The largest absolute Gasteiger partial charge is 0.489 e. The number of ether oxygens (including phenoxy) is 2. The van der Waals surface area contributed by atoms with Crippen molar-refractivity contribution in [2.45, 2.75) is 6.42 Å². The zero-order chi connectivity index (χ0) is 13.4. The summed E-state index contributed by atoms with van der Waals surface area (Å²) in [5.41, 5.74) is 6.13. The number of benzene rings is 1. The van der Waals surface area contributed by atoms with E-state index >= 15 is 0 Å². The molecule has 1 aromatic carbocycles. The van der Waals surface area contributed by atoms with Gasteiger partial charge >= 0.3 is 0 Å². The van der Waals surface area contributed by atoms with E-state index in [-0.39, 0.29) is 16.4 Å². The van der Waals surface area contributed by atoms with E-state index < -0.39 is 5.82 Å². The Kier molecular flexibility index (Phi) is 2.94. The van der Waals surface area contributed by atoms with E-state index in [1.807, 2.05) is 0 Å². The molecular weight excluding hydrogens is 273 g/mol. The number of nitrogens with one attached hydrogen (secondary N) is 1. The van der Waals surface area contributed by atoms with Crippen LogP contribution in [0.3, 0.4) is 0 Å². The van der Waals surface area contributed by atoms with Crippen LogP contribution in [0.2, 0.25) is 5.02 Å². The molecule has 0 unspecified atom stereocenters. The number of aromatic nitrogens is 2. The molecule has 0 fully saturated rings. The summed E-state index contributed by atoms with van der Waals surface area (Å²) in [5, 5.41) is 6.40. The number of H-pyrrole nitrogens is 1. The molecule has 0 bridgehead atoms. The number of nitrogens with two attached hydrogens (primary N) is 1. The fourth-order valence-corrected chi connectivity index (χ4v) is 2.15. The molecule has 0 radical (unpaired) electrons. The first-order chi connectivity index (χ1) is 9.16. The molecule has 3 rings (SSSR count). The highest BCUT2D eigenvalue weighted by Crippen LogP contribution is 2.44. The van der Waals surface area contributed by atoms with Gasteiger partial charge in [0, 0.05) is 18.6 Å². The van der Waals surface area contributed by atoms with Crippen molar-refractivity contribution >= 4 is 17.4 Å². The van der Waals surface area contributed by atoms with Crippen molar-refractivity contribution in [3.05, 3.63) is 23.0 Å². The number of fused-ring (bicyclic) bond motifs is 1. The summed E-state index contributed by atoms with van der Waals surface area (Å²) >= 11 is 5.88. The number of nitrogen functional groups attached to an aromatic ring is 1. The maximum absolute atomic E-state index is 14.3. The summed E-state index contributed by atoms with van der Waals surface area (Å²) in [6.07, 6.45) is 0.721.